The number of aliphatic imine (C=N–C) groups is 1. The molecule has 0 radical (unpaired) electrons. The van der Waals surface area contributed by atoms with Crippen molar-refractivity contribution >= 4 is 44.9 Å². The van der Waals surface area contributed by atoms with Crippen LogP contribution in [0.3, 0.4) is 0 Å². The van der Waals surface area contributed by atoms with Gasteiger partial charge in [0.15, 0.2) is 0 Å². The minimum atomic E-state index is -0.360. The lowest BCUT2D eigenvalue weighted by molar-refractivity contribution is -0.110. The summed E-state index contributed by atoms with van der Waals surface area (Å²) in [6.45, 7) is 6.28. The van der Waals surface area contributed by atoms with E-state index in [1.165, 1.54) is 0 Å². The molecule has 1 amide bonds. The maximum Gasteiger partial charge on any atom is 0.338 e. The molecule has 0 aromatic heterocycles. The van der Waals surface area contributed by atoms with Crippen molar-refractivity contribution in [1.29, 1.82) is 0 Å². The number of nitrogens with zero attached hydrogens (tertiary/aromatic N) is 1. The summed E-state index contributed by atoms with van der Waals surface area (Å²) in [7, 11) is 0. The third-order valence-electron chi connectivity index (χ3n) is 3.90. The smallest absolute Gasteiger partial charge is 0.338 e. The second kappa shape index (κ2) is 7.41. The Balaban J connectivity index is 1.85. The third-order valence-corrected chi connectivity index (χ3v) is 4.36. The Morgan fingerprint density at radius 2 is 1.92 bits per heavy atom. The molecule has 1 aliphatic rings. The van der Waals surface area contributed by atoms with Gasteiger partial charge in [0.1, 0.15) is 5.71 Å². The van der Waals surface area contributed by atoms with Crippen LogP contribution in [0.2, 0.25) is 0 Å². The molecule has 2 aromatic rings. The summed E-state index contributed by atoms with van der Waals surface area (Å²) in [4.78, 5) is 28.7. The second-order valence-electron chi connectivity index (χ2n) is 6.60. The van der Waals surface area contributed by atoms with Gasteiger partial charge in [0.25, 0.3) is 5.91 Å². The van der Waals surface area contributed by atoms with Gasteiger partial charge in [-0.3, -0.25) is 4.79 Å². The SMILES string of the molecule is Cc1cc(Br)cc2c1NC(=O)C2=Nc1ccc(C(=O)OCC(C)C)cc1. The van der Waals surface area contributed by atoms with E-state index in [-0.39, 0.29) is 17.8 Å². The fraction of sp³-hybridized carbons (Fsp3) is 0.250. The number of carbonyl (C=O) groups is 2. The highest BCUT2D eigenvalue weighted by Crippen LogP contribution is 2.32. The Morgan fingerprint density at radius 1 is 1.23 bits per heavy atom. The van der Waals surface area contributed by atoms with Gasteiger partial charge in [-0.05, 0) is 54.8 Å². The van der Waals surface area contributed by atoms with Crippen LogP contribution in [0.25, 0.3) is 0 Å². The molecule has 0 saturated carbocycles. The number of nitrogens with one attached hydrogen (secondary N) is 1. The molecule has 0 spiro atoms. The van der Waals surface area contributed by atoms with Crippen molar-refractivity contribution in [3.8, 4) is 0 Å². The molecule has 134 valence electrons. The molecule has 6 heteroatoms. The van der Waals surface area contributed by atoms with Gasteiger partial charge < -0.3 is 10.1 Å². The summed E-state index contributed by atoms with van der Waals surface area (Å²) in [6.07, 6.45) is 0. The molecule has 1 heterocycles. The van der Waals surface area contributed by atoms with Gasteiger partial charge in [0.2, 0.25) is 0 Å². The van der Waals surface area contributed by atoms with E-state index in [1.807, 2.05) is 32.9 Å². The van der Waals surface area contributed by atoms with Gasteiger partial charge in [0, 0.05) is 10.0 Å². The minimum absolute atomic E-state index is 0.235. The summed E-state index contributed by atoms with van der Waals surface area (Å²) >= 11 is 3.45. The zero-order chi connectivity index (χ0) is 18.8. The summed E-state index contributed by atoms with van der Waals surface area (Å²) in [6, 6.07) is 10.5. The first-order valence-corrected chi connectivity index (χ1v) is 9.12. The van der Waals surface area contributed by atoms with Gasteiger partial charge in [-0.1, -0.05) is 29.8 Å². The number of amides is 1. The number of esters is 1. The first kappa shape index (κ1) is 18.3. The van der Waals surface area contributed by atoms with Gasteiger partial charge in [-0.25, -0.2) is 9.79 Å². The van der Waals surface area contributed by atoms with Crippen LogP contribution in [0.15, 0.2) is 45.9 Å². The highest BCUT2D eigenvalue weighted by Gasteiger charge is 2.27. The van der Waals surface area contributed by atoms with Crippen molar-refractivity contribution in [2.45, 2.75) is 20.8 Å². The van der Waals surface area contributed by atoms with E-state index in [9.17, 15) is 9.59 Å². The Hall–Kier alpha value is -2.47. The Morgan fingerprint density at radius 3 is 2.58 bits per heavy atom. The van der Waals surface area contributed by atoms with E-state index in [2.05, 4.69) is 26.2 Å². The van der Waals surface area contributed by atoms with E-state index in [0.717, 1.165) is 21.3 Å². The lowest BCUT2D eigenvalue weighted by atomic mass is 10.1. The second-order valence-corrected chi connectivity index (χ2v) is 7.51. The van der Waals surface area contributed by atoms with Gasteiger partial charge in [-0.15, -0.1) is 0 Å². The van der Waals surface area contributed by atoms with E-state index in [4.69, 9.17) is 4.74 Å². The quantitative estimate of drug-likeness (QED) is 0.740. The molecule has 26 heavy (non-hydrogen) atoms. The monoisotopic (exact) mass is 414 g/mol. The van der Waals surface area contributed by atoms with Crippen LogP contribution in [0, 0.1) is 12.8 Å². The molecule has 0 aliphatic carbocycles. The van der Waals surface area contributed by atoms with E-state index in [1.54, 1.807) is 24.3 Å². The van der Waals surface area contributed by atoms with Crippen molar-refractivity contribution in [2.24, 2.45) is 10.9 Å². The van der Waals surface area contributed by atoms with Crippen LogP contribution < -0.4 is 5.32 Å². The normalized spacial score (nSPS) is 14.5. The van der Waals surface area contributed by atoms with Gasteiger partial charge >= 0.3 is 5.97 Å². The van der Waals surface area contributed by atoms with Crippen LogP contribution in [0.5, 0.6) is 0 Å². The molecule has 1 aliphatic heterocycles. The van der Waals surface area contributed by atoms with Crippen molar-refractivity contribution in [3.63, 3.8) is 0 Å². The van der Waals surface area contributed by atoms with Crippen molar-refractivity contribution < 1.29 is 14.3 Å². The maximum absolute atomic E-state index is 12.3. The predicted octanol–water partition coefficient (Wildman–Crippen LogP) is 4.64. The molecule has 0 bridgehead atoms. The summed E-state index contributed by atoms with van der Waals surface area (Å²) < 4.78 is 6.10. The molecule has 0 unspecified atom stereocenters. The average Bonchev–Trinajstić information content (AvgIpc) is 2.90. The molecular formula is C20H19BrN2O3. The first-order valence-electron chi connectivity index (χ1n) is 8.33. The van der Waals surface area contributed by atoms with Crippen LogP contribution in [-0.2, 0) is 9.53 Å². The fourth-order valence-electron chi connectivity index (χ4n) is 2.63. The largest absolute Gasteiger partial charge is 0.462 e. The van der Waals surface area contributed by atoms with Crippen molar-refractivity contribution in [3.05, 3.63) is 57.6 Å². The third kappa shape index (κ3) is 3.85. The molecule has 0 saturated heterocycles. The molecule has 1 N–H and O–H groups in total. The molecular weight excluding hydrogens is 396 g/mol. The average molecular weight is 415 g/mol. The number of aryl methyl sites for hydroxylation is 1. The lowest BCUT2D eigenvalue weighted by Crippen LogP contribution is -2.14. The Labute approximate surface area is 160 Å². The van der Waals surface area contributed by atoms with E-state index < -0.39 is 0 Å². The minimum Gasteiger partial charge on any atom is -0.462 e. The van der Waals surface area contributed by atoms with Crippen LogP contribution >= 0.6 is 15.9 Å². The van der Waals surface area contributed by atoms with Crippen LogP contribution in [0.4, 0.5) is 11.4 Å². The topological polar surface area (TPSA) is 67.8 Å². The van der Waals surface area contributed by atoms with E-state index in [0.29, 0.717) is 23.6 Å². The Kier molecular flexibility index (Phi) is 5.23. The highest BCUT2D eigenvalue weighted by atomic mass is 79.9. The molecule has 5 nitrogen and oxygen atoms in total. The van der Waals surface area contributed by atoms with Crippen LogP contribution in [0.1, 0.15) is 35.3 Å². The number of anilines is 1. The Bertz CT molecular complexity index is 902. The number of ether oxygens (including phenoxy) is 1. The summed E-state index contributed by atoms with van der Waals surface area (Å²) in [5, 5.41) is 2.86. The number of hydrogen-bond acceptors (Lipinski definition) is 4. The standard InChI is InChI=1S/C20H19BrN2O3/c1-11(2)10-26-20(25)13-4-6-15(7-5-13)22-18-16-9-14(21)8-12(3)17(16)23-19(18)24/h4-9,11H,10H2,1-3H3,(H,22,23,24). The predicted molar refractivity (Wildman–Crippen MR) is 105 cm³/mol. The lowest BCUT2D eigenvalue weighted by Gasteiger charge is -2.07. The van der Waals surface area contributed by atoms with Gasteiger partial charge in [0.05, 0.1) is 23.5 Å². The molecule has 2 aromatic carbocycles. The fourth-order valence-corrected chi connectivity index (χ4v) is 3.20. The number of benzene rings is 2. The summed E-state index contributed by atoms with van der Waals surface area (Å²) in [5.74, 6) is -0.309. The maximum atomic E-state index is 12.3. The first-order chi connectivity index (χ1) is 12.3. The number of rotatable bonds is 4. The molecule has 0 atom stereocenters. The summed E-state index contributed by atoms with van der Waals surface area (Å²) in [5.41, 5.74) is 3.94. The molecule has 3 rings (SSSR count). The van der Waals surface area contributed by atoms with Crippen molar-refractivity contribution in [1.82, 2.24) is 0 Å². The zero-order valence-electron chi connectivity index (χ0n) is 14.8. The van der Waals surface area contributed by atoms with Gasteiger partial charge in [-0.2, -0.15) is 0 Å². The zero-order valence-corrected chi connectivity index (χ0v) is 16.4. The number of fused-ring (bicyclic) bond motifs is 1. The number of carbonyl (C=O) groups excluding carboxylic acids is 2. The number of hydrogen-bond donors (Lipinski definition) is 1. The highest BCUT2D eigenvalue weighted by molar-refractivity contribution is 9.10. The molecule has 0 fully saturated rings. The van der Waals surface area contributed by atoms with Crippen LogP contribution in [-0.4, -0.2) is 24.2 Å². The number of halogens is 1. The van der Waals surface area contributed by atoms with E-state index >= 15 is 0 Å². The van der Waals surface area contributed by atoms with Crippen molar-refractivity contribution in [2.75, 3.05) is 11.9 Å².